The van der Waals surface area contributed by atoms with E-state index in [9.17, 15) is 9.59 Å². The van der Waals surface area contributed by atoms with Gasteiger partial charge in [0.25, 0.3) is 5.91 Å². The van der Waals surface area contributed by atoms with Crippen LogP contribution in [0.1, 0.15) is 28.4 Å². The van der Waals surface area contributed by atoms with Gasteiger partial charge in [0.1, 0.15) is 0 Å². The molecular weight excluding hydrogens is 340 g/mol. The van der Waals surface area contributed by atoms with Gasteiger partial charge in [0, 0.05) is 38.3 Å². The zero-order chi connectivity index (χ0) is 19.2. The molecule has 2 amide bonds. The first-order chi connectivity index (χ1) is 13.1. The topological polar surface area (TPSA) is 49.9 Å². The summed E-state index contributed by atoms with van der Waals surface area (Å²) in [6.07, 6.45) is 3.93. The van der Waals surface area contributed by atoms with Crippen LogP contribution in [-0.4, -0.2) is 50.1 Å². The van der Waals surface area contributed by atoms with Crippen LogP contribution in [-0.2, 0) is 9.53 Å². The standard InChI is InChI=1S/C22H24N2O3/c1-17(25)23(2)20-11-8-18(9-12-20)7-10-19-5-3-4-6-21(19)22(26)24-13-15-27-16-14-24/h3-12H,13-16H2,1-2H3/b10-7+. The minimum absolute atomic E-state index is 0.00570. The highest BCUT2D eigenvalue weighted by Crippen LogP contribution is 2.18. The van der Waals surface area contributed by atoms with E-state index < -0.39 is 0 Å². The first-order valence-corrected chi connectivity index (χ1v) is 9.05. The molecule has 0 spiro atoms. The van der Waals surface area contributed by atoms with Gasteiger partial charge in [-0.05, 0) is 29.3 Å². The van der Waals surface area contributed by atoms with Crippen molar-refractivity contribution in [2.45, 2.75) is 6.92 Å². The molecule has 0 unspecified atom stereocenters. The Labute approximate surface area is 159 Å². The number of anilines is 1. The zero-order valence-electron chi connectivity index (χ0n) is 15.7. The minimum atomic E-state index is -0.00570. The SMILES string of the molecule is CC(=O)N(C)c1ccc(/C=C/c2ccccc2C(=O)N2CCOCC2)cc1. The molecule has 0 bridgehead atoms. The molecule has 2 aromatic carbocycles. The summed E-state index contributed by atoms with van der Waals surface area (Å²) in [5.74, 6) is 0.0332. The van der Waals surface area contributed by atoms with Gasteiger partial charge in [-0.1, -0.05) is 42.5 Å². The number of rotatable bonds is 4. The normalized spacial score (nSPS) is 14.4. The first kappa shape index (κ1) is 18.9. The van der Waals surface area contributed by atoms with E-state index in [1.54, 1.807) is 11.9 Å². The van der Waals surface area contributed by atoms with Crippen LogP contribution < -0.4 is 4.90 Å². The lowest BCUT2D eigenvalue weighted by molar-refractivity contribution is -0.116. The van der Waals surface area contributed by atoms with Crippen LogP contribution in [0.2, 0.25) is 0 Å². The Balaban J connectivity index is 1.77. The number of carbonyl (C=O) groups is 2. The average Bonchev–Trinajstić information content (AvgIpc) is 2.72. The molecule has 5 nitrogen and oxygen atoms in total. The van der Waals surface area contributed by atoms with Crippen LogP contribution in [0.25, 0.3) is 12.2 Å². The molecule has 0 radical (unpaired) electrons. The molecule has 1 aliphatic rings. The Morgan fingerprint density at radius 2 is 1.67 bits per heavy atom. The number of ether oxygens (including phenoxy) is 1. The molecule has 140 valence electrons. The number of hydrogen-bond acceptors (Lipinski definition) is 3. The minimum Gasteiger partial charge on any atom is -0.378 e. The Morgan fingerprint density at radius 1 is 1.00 bits per heavy atom. The maximum absolute atomic E-state index is 12.8. The van der Waals surface area contributed by atoms with Crippen molar-refractivity contribution >= 4 is 29.7 Å². The molecule has 0 aliphatic carbocycles. The Morgan fingerprint density at radius 3 is 2.33 bits per heavy atom. The predicted molar refractivity (Wildman–Crippen MR) is 108 cm³/mol. The summed E-state index contributed by atoms with van der Waals surface area (Å²) in [6, 6.07) is 15.4. The third kappa shape index (κ3) is 4.63. The maximum atomic E-state index is 12.8. The third-order valence-corrected chi connectivity index (χ3v) is 4.70. The van der Waals surface area contributed by atoms with Gasteiger partial charge >= 0.3 is 0 Å². The first-order valence-electron chi connectivity index (χ1n) is 9.05. The Kier molecular flexibility index (Phi) is 6.04. The molecule has 1 aliphatic heterocycles. The molecule has 5 heteroatoms. The smallest absolute Gasteiger partial charge is 0.254 e. The van der Waals surface area contributed by atoms with Gasteiger partial charge in [-0.15, -0.1) is 0 Å². The summed E-state index contributed by atoms with van der Waals surface area (Å²) in [4.78, 5) is 27.7. The summed E-state index contributed by atoms with van der Waals surface area (Å²) in [7, 11) is 1.75. The highest BCUT2D eigenvalue weighted by molar-refractivity contribution is 5.98. The molecule has 27 heavy (non-hydrogen) atoms. The quantitative estimate of drug-likeness (QED) is 0.782. The molecule has 1 fully saturated rings. The molecule has 1 heterocycles. The van der Waals surface area contributed by atoms with Crippen LogP contribution >= 0.6 is 0 Å². The summed E-state index contributed by atoms with van der Waals surface area (Å²) >= 11 is 0. The average molecular weight is 364 g/mol. The molecular formula is C22H24N2O3. The van der Waals surface area contributed by atoms with Gasteiger partial charge in [-0.3, -0.25) is 9.59 Å². The summed E-state index contributed by atoms with van der Waals surface area (Å²) in [5.41, 5.74) is 3.44. The maximum Gasteiger partial charge on any atom is 0.254 e. The largest absolute Gasteiger partial charge is 0.378 e. The fourth-order valence-electron chi connectivity index (χ4n) is 2.95. The highest BCUT2D eigenvalue weighted by atomic mass is 16.5. The molecule has 0 N–H and O–H groups in total. The summed E-state index contributed by atoms with van der Waals surface area (Å²) in [6.45, 7) is 3.97. The summed E-state index contributed by atoms with van der Waals surface area (Å²) in [5, 5.41) is 0. The Bertz CT molecular complexity index is 837. The molecule has 1 saturated heterocycles. The van der Waals surface area contributed by atoms with E-state index in [4.69, 9.17) is 4.74 Å². The van der Waals surface area contributed by atoms with Gasteiger partial charge in [-0.2, -0.15) is 0 Å². The molecule has 2 aromatic rings. The predicted octanol–water partition coefficient (Wildman–Crippen LogP) is 3.31. The molecule has 0 atom stereocenters. The second-order valence-corrected chi connectivity index (χ2v) is 6.49. The van der Waals surface area contributed by atoms with Crippen molar-refractivity contribution in [3.63, 3.8) is 0 Å². The van der Waals surface area contributed by atoms with Crippen molar-refractivity contribution in [2.24, 2.45) is 0 Å². The number of amides is 2. The fraction of sp³-hybridized carbons (Fsp3) is 0.273. The highest BCUT2D eigenvalue weighted by Gasteiger charge is 2.19. The van der Waals surface area contributed by atoms with Crippen LogP contribution in [0.5, 0.6) is 0 Å². The van der Waals surface area contributed by atoms with E-state index >= 15 is 0 Å². The van der Waals surface area contributed by atoms with Gasteiger partial charge in [0.2, 0.25) is 5.91 Å². The monoisotopic (exact) mass is 364 g/mol. The van der Waals surface area contributed by atoms with Gasteiger partial charge < -0.3 is 14.5 Å². The van der Waals surface area contributed by atoms with Crippen LogP contribution in [0, 0.1) is 0 Å². The molecule has 0 saturated carbocycles. The zero-order valence-corrected chi connectivity index (χ0v) is 15.7. The lowest BCUT2D eigenvalue weighted by Gasteiger charge is -2.27. The number of nitrogens with zero attached hydrogens (tertiary/aromatic N) is 2. The van der Waals surface area contributed by atoms with Gasteiger partial charge in [0.15, 0.2) is 0 Å². The summed E-state index contributed by atoms with van der Waals surface area (Å²) < 4.78 is 5.33. The lowest BCUT2D eigenvalue weighted by atomic mass is 10.0. The van der Waals surface area contributed by atoms with Crippen LogP contribution in [0.3, 0.4) is 0 Å². The van der Waals surface area contributed by atoms with Crippen LogP contribution in [0.15, 0.2) is 48.5 Å². The van der Waals surface area contributed by atoms with E-state index in [2.05, 4.69) is 0 Å². The van der Waals surface area contributed by atoms with E-state index in [0.29, 0.717) is 31.9 Å². The number of morpholine rings is 1. The van der Waals surface area contributed by atoms with Crippen molar-refractivity contribution < 1.29 is 14.3 Å². The van der Waals surface area contributed by atoms with Crippen molar-refractivity contribution in [3.8, 4) is 0 Å². The second-order valence-electron chi connectivity index (χ2n) is 6.49. The second kappa shape index (κ2) is 8.64. The number of hydrogen-bond donors (Lipinski definition) is 0. The van der Waals surface area contributed by atoms with E-state index in [1.807, 2.05) is 65.6 Å². The number of carbonyl (C=O) groups excluding carboxylic acids is 2. The molecule has 0 aromatic heterocycles. The Hall–Kier alpha value is -2.92. The van der Waals surface area contributed by atoms with Gasteiger partial charge in [-0.25, -0.2) is 0 Å². The third-order valence-electron chi connectivity index (χ3n) is 4.70. The lowest BCUT2D eigenvalue weighted by Crippen LogP contribution is -2.40. The fourth-order valence-corrected chi connectivity index (χ4v) is 2.95. The van der Waals surface area contributed by atoms with Gasteiger partial charge in [0.05, 0.1) is 13.2 Å². The molecule has 3 rings (SSSR count). The van der Waals surface area contributed by atoms with Crippen molar-refractivity contribution in [1.29, 1.82) is 0 Å². The van der Waals surface area contributed by atoms with Crippen LogP contribution in [0.4, 0.5) is 5.69 Å². The van der Waals surface area contributed by atoms with E-state index in [0.717, 1.165) is 16.8 Å². The van der Waals surface area contributed by atoms with E-state index in [1.165, 1.54) is 6.92 Å². The van der Waals surface area contributed by atoms with E-state index in [-0.39, 0.29) is 11.8 Å². The van der Waals surface area contributed by atoms with Crippen molar-refractivity contribution in [1.82, 2.24) is 4.90 Å². The van der Waals surface area contributed by atoms with Crippen molar-refractivity contribution in [2.75, 3.05) is 38.3 Å². The van der Waals surface area contributed by atoms with Crippen molar-refractivity contribution in [3.05, 3.63) is 65.2 Å². The number of benzene rings is 2.